The van der Waals surface area contributed by atoms with Crippen molar-refractivity contribution in [3.05, 3.63) is 23.7 Å². The number of imidazole rings is 1. The third kappa shape index (κ3) is 2.41. The minimum absolute atomic E-state index is 0.593. The first-order chi connectivity index (χ1) is 9.29. The van der Waals surface area contributed by atoms with Crippen molar-refractivity contribution in [2.75, 3.05) is 24.0 Å². The lowest BCUT2D eigenvalue weighted by atomic mass is 10.2. The Kier molecular flexibility index (Phi) is 3.60. The first kappa shape index (κ1) is 12.7. The molecule has 0 amide bonds. The molecule has 19 heavy (non-hydrogen) atoms. The van der Waals surface area contributed by atoms with E-state index >= 15 is 0 Å². The summed E-state index contributed by atoms with van der Waals surface area (Å²) in [5.41, 5.74) is 3.09. The highest BCUT2D eigenvalue weighted by atomic mass is 35.5. The molecule has 2 aromatic heterocycles. The lowest BCUT2D eigenvalue weighted by Crippen LogP contribution is -2.40. The summed E-state index contributed by atoms with van der Waals surface area (Å²) in [7, 11) is 0. The van der Waals surface area contributed by atoms with Crippen LogP contribution in [0.25, 0.3) is 11.2 Å². The molecule has 0 N–H and O–H groups in total. The monoisotopic (exact) mass is 278 g/mol. The first-order valence-corrected chi connectivity index (χ1v) is 7.48. The molecule has 0 spiro atoms. The van der Waals surface area contributed by atoms with Gasteiger partial charge in [0.05, 0.1) is 0 Å². The molecule has 4 nitrogen and oxygen atoms in total. The van der Waals surface area contributed by atoms with Crippen LogP contribution in [-0.2, 0) is 6.42 Å². The number of piperidine rings is 1. The summed E-state index contributed by atoms with van der Waals surface area (Å²) in [5.74, 6) is 1.63. The number of hydrogen-bond acceptors (Lipinski definition) is 3. The fraction of sp³-hybridized carbons (Fsp3) is 0.571. The Morgan fingerprint density at radius 1 is 1.26 bits per heavy atom. The van der Waals surface area contributed by atoms with Crippen LogP contribution in [0.1, 0.15) is 30.7 Å². The van der Waals surface area contributed by atoms with Gasteiger partial charge >= 0.3 is 0 Å². The minimum Gasteiger partial charge on any atom is -0.310 e. The van der Waals surface area contributed by atoms with Crippen molar-refractivity contribution in [1.82, 2.24) is 14.6 Å². The molecule has 0 radical (unpaired) electrons. The lowest BCUT2D eigenvalue weighted by molar-refractivity contribution is 0.474. The molecule has 0 saturated carbocycles. The molecule has 0 unspecified atom stereocenters. The number of aryl methyl sites for hydroxylation is 2. The maximum Gasteiger partial charge on any atom is 0.179 e. The molecule has 1 aliphatic rings. The summed E-state index contributed by atoms with van der Waals surface area (Å²) >= 11 is 5.91. The van der Waals surface area contributed by atoms with E-state index in [1.54, 1.807) is 0 Å². The summed E-state index contributed by atoms with van der Waals surface area (Å²) in [4.78, 5) is 9.29. The summed E-state index contributed by atoms with van der Waals surface area (Å²) in [6.45, 7) is 4.21. The van der Waals surface area contributed by atoms with Crippen LogP contribution in [0.2, 0.25) is 0 Å². The largest absolute Gasteiger partial charge is 0.310 e. The molecule has 3 heterocycles. The van der Waals surface area contributed by atoms with Gasteiger partial charge in [0.1, 0.15) is 11.3 Å². The Morgan fingerprint density at radius 3 is 2.79 bits per heavy atom. The lowest BCUT2D eigenvalue weighted by Gasteiger charge is -2.30. The Morgan fingerprint density at radius 2 is 2.05 bits per heavy atom. The second-order valence-electron chi connectivity index (χ2n) is 5.15. The van der Waals surface area contributed by atoms with Crippen LogP contribution < -0.4 is 5.01 Å². The van der Waals surface area contributed by atoms with E-state index in [0.29, 0.717) is 5.88 Å². The standard InChI is InChI=1S/C14H19ClN4/c1-11-9-12-14(16-10-11)19(13(17-12)5-6-15)18-7-3-2-4-8-18/h9-10H,2-8H2,1H3. The Balaban J connectivity index is 2.09. The van der Waals surface area contributed by atoms with E-state index in [1.807, 2.05) is 13.1 Å². The smallest absolute Gasteiger partial charge is 0.179 e. The van der Waals surface area contributed by atoms with Crippen molar-refractivity contribution < 1.29 is 0 Å². The molecule has 102 valence electrons. The van der Waals surface area contributed by atoms with Crippen LogP contribution in [0.15, 0.2) is 12.3 Å². The average molecular weight is 279 g/mol. The fourth-order valence-electron chi connectivity index (χ4n) is 2.72. The summed E-state index contributed by atoms with van der Waals surface area (Å²) < 4.78 is 2.19. The SMILES string of the molecule is Cc1cnc2c(c1)nc(CCCl)n2N1CCCCC1. The van der Waals surface area contributed by atoms with E-state index < -0.39 is 0 Å². The second-order valence-corrected chi connectivity index (χ2v) is 5.53. The van der Waals surface area contributed by atoms with Gasteiger partial charge in [0, 0.05) is 31.6 Å². The van der Waals surface area contributed by atoms with Crippen LogP contribution in [0, 0.1) is 6.92 Å². The molecule has 3 rings (SSSR count). The maximum absolute atomic E-state index is 5.91. The Bertz CT molecular complexity index is 572. The van der Waals surface area contributed by atoms with E-state index in [9.17, 15) is 0 Å². The molecule has 2 aromatic rings. The molecular weight excluding hydrogens is 260 g/mol. The van der Waals surface area contributed by atoms with Gasteiger partial charge in [-0.2, -0.15) is 0 Å². The van der Waals surface area contributed by atoms with Gasteiger partial charge < -0.3 is 5.01 Å². The highest BCUT2D eigenvalue weighted by molar-refractivity contribution is 6.17. The van der Waals surface area contributed by atoms with Gasteiger partial charge in [-0.3, -0.25) is 0 Å². The van der Waals surface area contributed by atoms with Gasteiger partial charge in [0.25, 0.3) is 0 Å². The van der Waals surface area contributed by atoms with E-state index in [2.05, 4.69) is 20.7 Å². The quantitative estimate of drug-likeness (QED) is 0.810. The van der Waals surface area contributed by atoms with Crippen LogP contribution in [0.5, 0.6) is 0 Å². The van der Waals surface area contributed by atoms with Crippen molar-refractivity contribution in [1.29, 1.82) is 0 Å². The maximum atomic E-state index is 5.91. The van der Waals surface area contributed by atoms with Crippen LogP contribution >= 0.6 is 11.6 Å². The van der Waals surface area contributed by atoms with Gasteiger partial charge in [0.15, 0.2) is 5.65 Å². The van der Waals surface area contributed by atoms with Crippen molar-refractivity contribution >= 4 is 22.8 Å². The van der Waals surface area contributed by atoms with E-state index in [4.69, 9.17) is 16.6 Å². The van der Waals surface area contributed by atoms with Gasteiger partial charge in [-0.05, 0) is 37.8 Å². The molecular formula is C14H19ClN4. The van der Waals surface area contributed by atoms with Crippen LogP contribution in [-0.4, -0.2) is 33.6 Å². The predicted molar refractivity (Wildman–Crippen MR) is 78.5 cm³/mol. The third-order valence-electron chi connectivity index (χ3n) is 3.61. The average Bonchev–Trinajstić information content (AvgIpc) is 2.77. The summed E-state index contributed by atoms with van der Waals surface area (Å²) in [5, 5.41) is 2.36. The molecule has 1 aliphatic heterocycles. The molecule has 1 fully saturated rings. The number of pyridine rings is 1. The molecule has 0 aromatic carbocycles. The summed E-state index contributed by atoms with van der Waals surface area (Å²) in [6.07, 6.45) is 6.50. The van der Waals surface area contributed by atoms with Crippen molar-refractivity contribution in [3.8, 4) is 0 Å². The van der Waals surface area contributed by atoms with Gasteiger partial charge in [-0.25, -0.2) is 14.6 Å². The number of alkyl halides is 1. The highest BCUT2D eigenvalue weighted by Crippen LogP contribution is 2.19. The topological polar surface area (TPSA) is 34.0 Å². The molecule has 0 bridgehead atoms. The first-order valence-electron chi connectivity index (χ1n) is 6.95. The number of halogens is 1. The van der Waals surface area contributed by atoms with Gasteiger partial charge in [-0.1, -0.05) is 0 Å². The zero-order valence-corrected chi connectivity index (χ0v) is 12.0. The normalized spacial score (nSPS) is 16.2. The number of hydrogen-bond donors (Lipinski definition) is 0. The van der Waals surface area contributed by atoms with Gasteiger partial charge in [-0.15, -0.1) is 11.6 Å². The second kappa shape index (κ2) is 5.37. The van der Waals surface area contributed by atoms with Crippen LogP contribution in [0.3, 0.4) is 0 Å². The Hall–Kier alpha value is -1.29. The molecule has 1 saturated heterocycles. The molecule has 0 aliphatic carbocycles. The van der Waals surface area contributed by atoms with Crippen molar-refractivity contribution in [2.45, 2.75) is 32.6 Å². The van der Waals surface area contributed by atoms with E-state index in [-0.39, 0.29) is 0 Å². The third-order valence-corrected chi connectivity index (χ3v) is 3.80. The van der Waals surface area contributed by atoms with Gasteiger partial charge in [0.2, 0.25) is 0 Å². The zero-order chi connectivity index (χ0) is 13.2. The van der Waals surface area contributed by atoms with Crippen molar-refractivity contribution in [3.63, 3.8) is 0 Å². The minimum atomic E-state index is 0.593. The predicted octanol–water partition coefficient (Wildman–Crippen LogP) is 2.64. The molecule has 0 atom stereocenters. The number of aromatic nitrogens is 3. The number of nitrogens with zero attached hydrogens (tertiary/aromatic N) is 4. The fourth-order valence-corrected chi connectivity index (χ4v) is 2.89. The van der Waals surface area contributed by atoms with E-state index in [0.717, 1.165) is 42.1 Å². The Labute approximate surface area is 118 Å². The molecule has 5 heteroatoms. The van der Waals surface area contributed by atoms with Crippen LogP contribution in [0.4, 0.5) is 0 Å². The van der Waals surface area contributed by atoms with E-state index in [1.165, 1.54) is 19.3 Å². The van der Waals surface area contributed by atoms with Crippen molar-refractivity contribution in [2.24, 2.45) is 0 Å². The number of rotatable bonds is 3. The highest BCUT2D eigenvalue weighted by Gasteiger charge is 2.18. The zero-order valence-electron chi connectivity index (χ0n) is 11.3. The number of fused-ring (bicyclic) bond motifs is 1. The summed E-state index contributed by atoms with van der Waals surface area (Å²) in [6, 6.07) is 2.10.